The maximum atomic E-state index is 12.3. The van der Waals surface area contributed by atoms with Gasteiger partial charge in [0.05, 0.1) is 19.8 Å². The molecule has 2 atom stereocenters. The lowest BCUT2D eigenvalue weighted by atomic mass is 10.0. The summed E-state index contributed by atoms with van der Waals surface area (Å²) in [6.07, 6.45) is -0.107. The molecule has 2 aromatic carbocycles. The normalized spacial score (nSPS) is 19.3. The van der Waals surface area contributed by atoms with Crippen LogP contribution in [0.15, 0.2) is 48.5 Å². The molecule has 1 amide bonds. The number of ether oxygens (including phenoxy) is 2. The Morgan fingerprint density at radius 2 is 2.00 bits per heavy atom. The van der Waals surface area contributed by atoms with Crippen LogP contribution in [-0.4, -0.2) is 38.3 Å². The third-order valence-corrected chi connectivity index (χ3v) is 4.42. The van der Waals surface area contributed by atoms with E-state index >= 15 is 0 Å². The lowest BCUT2D eigenvalue weighted by Gasteiger charge is -2.29. The fourth-order valence-electron chi connectivity index (χ4n) is 2.94. The molecule has 0 unspecified atom stereocenters. The third-order valence-electron chi connectivity index (χ3n) is 4.42. The largest absolute Gasteiger partial charge is 0.497 e. The zero-order valence-corrected chi connectivity index (χ0v) is 15.8. The number of hydrogen-bond donors (Lipinski definition) is 2. The van der Waals surface area contributed by atoms with Gasteiger partial charge in [-0.3, -0.25) is 4.79 Å². The number of halogens is 1. The van der Waals surface area contributed by atoms with Crippen LogP contribution in [0.2, 0.25) is 0 Å². The molecule has 0 aliphatic carbocycles. The maximum absolute atomic E-state index is 12.3. The first kappa shape index (κ1) is 20.2. The van der Waals surface area contributed by atoms with Gasteiger partial charge in [-0.1, -0.05) is 36.4 Å². The van der Waals surface area contributed by atoms with E-state index in [4.69, 9.17) is 9.47 Å². The molecule has 1 aliphatic rings. The number of benzene rings is 2. The number of carbonyl (C=O) groups excluding carboxylic acids is 1. The standard InChI is InChI=1S/C20H24N2O3.ClH/c1-14-19(21-10-11-25-14)20(23)22-13-15-6-8-16(9-7-15)17-4-3-5-18(12-17)24-2;/h3-9,12,14,19,21H,10-11,13H2,1-2H3,(H,22,23);1H/t14-,19+;/m1./s1. The van der Waals surface area contributed by atoms with Crippen LogP contribution in [0.3, 0.4) is 0 Å². The first-order valence-electron chi connectivity index (χ1n) is 8.53. The predicted molar refractivity (Wildman–Crippen MR) is 105 cm³/mol. The summed E-state index contributed by atoms with van der Waals surface area (Å²) < 4.78 is 10.8. The Labute approximate surface area is 160 Å². The topological polar surface area (TPSA) is 59.6 Å². The van der Waals surface area contributed by atoms with Crippen LogP contribution in [0, 0.1) is 0 Å². The summed E-state index contributed by atoms with van der Waals surface area (Å²) >= 11 is 0. The Kier molecular flexibility index (Phi) is 7.45. The van der Waals surface area contributed by atoms with Crippen LogP contribution in [0.1, 0.15) is 12.5 Å². The molecule has 0 spiro atoms. The SMILES string of the molecule is COc1cccc(-c2ccc(CNC(=O)[C@H]3NCCO[C@@H]3C)cc2)c1.Cl. The average molecular weight is 377 g/mol. The first-order valence-corrected chi connectivity index (χ1v) is 8.53. The molecule has 0 bridgehead atoms. The van der Waals surface area contributed by atoms with Gasteiger partial charge in [0, 0.05) is 13.1 Å². The van der Waals surface area contributed by atoms with E-state index in [0.29, 0.717) is 19.7 Å². The predicted octanol–water partition coefficient (Wildman–Crippen LogP) is 2.78. The molecular weight excluding hydrogens is 352 g/mol. The van der Waals surface area contributed by atoms with Crippen LogP contribution >= 0.6 is 12.4 Å². The van der Waals surface area contributed by atoms with Crippen molar-refractivity contribution in [3.8, 4) is 16.9 Å². The molecule has 3 rings (SSSR count). The van der Waals surface area contributed by atoms with Crippen molar-refractivity contribution >= 4 is 18.3 Å². The summed E-state index contributed by atoms with van der Waals surface area (Å²) in [5.74, 6) is 0.814. The van der Waals surface area contributed by atoms with Crippen LogP contribution in [0.5, 0.6) is 5.75 Å². The Balaban J connectivity index is 0.00000243. The number of carbonyl (C=O) groups is 1. The summed E-state index contributed by atoms with van der Waals surface area (Å²) in [5.41, 5.74) is 3.28. The van der Waals surface area contributed by atoms with Crippen molar-refractivity contribution < 1.29 is 14.3 Å². The molecule has 1 fully saturated rings. The van der Waals surface area contributed by atoms with Crippen LogP contribution in [0.25, 0.3) is 11.1 Å². The van der Waals surface area contributed by atoms with Crippen LogP contribution in [0.4, 0.5) is 0 Å². The van der Waals surface area contributed by atoms with Gasteiger partial charge >= 0.3 is 0 Å². The van der Waals surface area contributed by atoms with E-state index in [1.165, 1.54) is 0 Å². The van der Waals surface area contributed by atoms with Gasteiger partial charge in [-0.15, -0.1) is 12.4 Å². The zero-order valence-electron chi connectivity index (χ0n) is 15.0. The third kappa shape index (κ3) is 4.97. The Morgan fingerprint density at radius 3 is 2.69 bits per heavy atom. The van der Waals surface area contributed by atoms with Crippen molar-refractivity contribution in [1.29, 1.82) is 0 Å². The minimum absolute atomic E-state index is 0. The van der Waals surface area contributed by atoms with Crippen molar-refractivity contribution in [2.45, 2.75) is 25.6 Å². The average Bonchev–Trinajstić information content (AvgIpc) is 2.67. The summed E-state index contributed by atoms with van der Waals surface area (Å²) in [6, 6.07) is 15.8. The second-order valence-corrected chi connectivity index (χ2v) is 6.15. The van der Waals surface area contributed by atoms with E-state index in [0.717, 1.165) is 22.4 Å². The van der Waals surface area contributed by atoms with Gasteiger partial charge in [0.1, 0.15) is 11.8 Å². The molecular formula is C20H25ClN2O3. The molecule has 0 saturated carbocycles. The number of methoxy groups -OCH3 is 1. The minimum atomic E-state index is -0.287. The lowest BCUT2D eigenvalue weighted by molar-refractivity contribution is -0.129. The summed E-state index contributed by atoms with van der Waals surface area (Å²) in [4.78, 5) is 12.3. The van der Waals surface area contributed by atoms with Gasteiger partial charge < -0.3 is 20.1 Å². The highest BCUT2D eigenvalue weighted by Crippen LogP contribution is 2.24. The number of morpholine rings is 1. The smallest absolute Gasteiger partial charge is 0.240 e. The van der Waals surface area contributed by atoms with Crippen LogP contribution in [-0.2, 0) is 16.1 Å². The number of nitrogens with one attached hydrogen (secondary N) is 2. The molecule has 2 N–H and O–H groups in total. The Morgan fingerprint density at radius 1 is 1.23 bits per heavy atom. The molecule has 2 aromatic rings. The molecule has 140 valence electrons. The lowest BCUT2D eigenvalue weighted by Crippen LogP contribution is -2.55. The Bertz CT molecular complexity index is 721. The van der Waals surface area contributed by atoms with Crippen molar-refractivity contribution in [2.24, 2.45) is 0 Å². The molecule has 0 radical (unpaired) electrons. The van der Waals surface area contributed by atoms with Crippen molar-refractivity contribution in [2.75, 3.05) is 20.3 Å². The van der Waals surface area contributed by atoms with E-state index in [9.17, 15) is 4.79 Å². The van der Waals surface area contributed by atoms with E-state index in [1.807, 2.05) is 37.3 Å². The van der Waals surface area contributed by atoms with Gasteiger partial charge in [0.25, 0.3) is 0 Å². The highest BCUT2D eigenvalue weighted by Gasteiger charge is 2.27. The van der Waals surface area contributed by atoms with E-state index in [-0.39, 0.29) is 30.5 Å². The fraction of sp³-hybridized carbons (Fsp3) is 0.350. The number of rotatable bonds is 5. The monoisotopic (exact) mass is 376 g/mol. The van der Waals surface area contributed by atoms with Gasteiger partial charge in [-0.2, -0.15) is 0 Å². The zero-order chi connectivity index (χ0) is 17.6. The highest BCUT2D eigenvalue weighted by atomic mass is 35.5. The molecule has 5 nitrogen and oxygen atoms in total. The molecule has 1 saturated heterocycles. The molecule has 1 aliphatic heterocycles. The Hall–Kier alpha value is -2.08. The fourth-order valence-corrected chi connectivity index (χ4v) is 2.94. The first-order chi connectivity index (χ1) is 12.2. The highest BCUT2D eigenvalue weighted by molar-refractivity contribution is 5.85. The van der Waals surface area contributed by atoms with Crippen molar-refractivity contribution in [3.63, 3.8) is 0 Å². The second kappa shape index (κ2) is 9.57. The van der Waals surface area contributed by atoms with Gasteiger partial charge in [0.2, 0.25) is 5.91 Å². The van der Waals surface area contributed by atoms with E-state index in [1.54, 1.807) is 7.11 Å². The van der Waals surface area contributed by atoms with Gasteiger partial charge in [0.15, 0.2) is 0 Å². The number of amides is 1. The van der Waals surface area contributed by atoms with E-state index in [2.05, 4.69) is 28.8 Å². The van der Waals surface area contributed by atoms with Crippen LogP contribution < -0.4 is 15.4 Å². The second-order valence-electron chi connectivity index (χ2n) is 6.15. The van der Waals surface area contributed by atoms with Gasteiger partial charge in [-0.05, 0) is 35.7 Å². The van der Waals surface area contributed by atoms with Crippen molar-refractivity contribution in [3.05, 3.63) is 54.1 Å². The van der Waals surface area contributed by atoms with Crippen molar-refractivity contribution in [1.82, 2.24) is 10.6 Å². The summed E-state index contributed by atoms with van der Waals surface area (Å²) in [5, 5.41) is 6.17. The summed E-state index contributed by atoms with van der Waals surface area (Å²) in [6.45, 7) is 3.77. The molecule has 1 heterocycles. The van der Waals surface area contributed by atoms with Gasteiger partial charge in [-0.25, -0.2) is 0 Å². The quantitative estimate of drug-likeness (QED) is 0.842. The summed E-state index contributed by atoms with van der Waals surface area (Å²) in [7, 11) is 1.66. The maximum Gasteiger partial charge on any atom is 0.240 e. The number of hydrogen-bond acceptors (Lipinski definition) is 4. The molecule has 26 heavy (non-hydrogen) atoms. The minimum Gasteiger partial charge on any atom is -0.497 e. The molecule has 0 aromatic heterocycles. The van der Waals surface area contributed by atoms with E-state index < -0.39 is 0 Å². The molecule has 6 heteroatoms.